The first-order valence-electron chi connectivity index (χ1n) is 4.96. The smallest absolute Gasteiger partial charge is 0.232 e. The van der Waals surface area contributed by atoms with Crippen LogP contribution in [0.3, 0.4) is 0 Å². The highest BCUT2D eigenvalue weighted by atomic mass is 35.5. The van der Waals surface area contributed by atoms with Gasteiger partial charge in [0.15, 0.2) is 0 Å². The van der Waals surface area contributed by atoms with Crippen LogP contribution in [-0.2, 0) is 10.0 Å². The predicted octanol–water partition coefficient (Wildman–Crippen LogP) is 3.75. The summed E-state index contributed by atoms with van der Waals surface area (Å²) in [6.45, 7) is 0. The van der Waals surface area contributed by atoms with Gasteiger partial charge in [0, 0.05) is 5.88 Å². The number of unbranched alkanes of at least 4 members (excludes halogenated alkanes) is 1. The van der Waals surface area contributed by atoms with E-state index < -0.39 is 10.0 Å². The van der Waals surface area contributed by atoms with E-state index in [1.54, 1.807) is 12.1 Å². The molecular formula is C10H12Cl3NO2S. The zero-order valence-corrected chi connectivity index (χ0v) is 12.0. The number of anilines is 1. The van der Waals surface area contributed by atoms with Crippen LogP contribution in [0.4, 0.5) is 5.69 Å². The van der Waals surface area contributed by atoms with E-state index in [1.165, 1.54) is 6.07 Å². The average molecular weight is 317 g/mol. The molecule has 0 heterocycles. The maximum absolute atomic E-state index is 11.6. The van der Waals surface area contributed by atoms with Crippen LogP contribution in [0.15, 0.2) is 18.2 Å². The molecule has 0 bridgehead atoms. The Balaban J connectivity index is 2.66. The van der Waals surface area contributed by atoms with Gasteiger partial charge in [0.25, 0.3) is 0 Å². The molecule has 0 saturated carbocycles. The zero-order chi connectivity index (χ0) is 12.9. The minimum atomic E-state index is -3.35. The molecule has 0 amide bonds. The van der Waals surface area contributed by atoms with Crippen LogP contribution < -0.4 is 4.72 Å². The Hall–Kier alpha value is -0.160. The summed E-state index contributed by atoms with van der Waals surface area (Å²) >= 11 is 17.0. The summed E-state index contributed by atoms with van der Waals surface area (Å²) in [4.78, 5) is 0. The number of halogens is 3. The second-order valence-corrected chi connectivity index (χ2v) is 6.48. The van der Waals surface area contributed by atoms with Gasteiger partial charge in [0.1, 0.15) is 0 Å². The Labute approximate surface area is 116 Å². The fraction of sp³-hybridized carbons (Fsp3) is 0.400. The molecule has 0 aromatic heterocycles. The Morgan fingerprint density at radius 1 is 1.12 bits per heavy atom. The Bertz CT molecular complexity index is 476. The minimum absolute atomic E-state index is 0.0416. The molecule has 1 N–H and O–H groups in total. The van der Waals surface area contributed by atoms with E-state index in [-0.39, 0.29) is 5.75 Å². The Morgan fingerprint density at radius 3 is 2.41 bits per heavy atom. The summed E-state index contributed by atoms with van der Waals surface area (Å²) in [5, 5.41) is 0.698. The first-order chi connectivity index (χ1) is 7.94. The van der Waals surface area contributed by atoms with Crippen molar-refractivity contribution in [2.45, 2.75) is 12.8 Å². The molecule has 1 aromatic carbocycles. The third-order valence-corrected chi connectivity index (χ3v) is 4.37. The van der Waals surface area contributed by atoms with E-state index >= 15 is 0 Å². The third-order valence-electron chi connectivity index (χ3n) is 1.99. The molecule has 96 valence electrons. The summed E-state index contributed by atoms with van der Waals surface area (Å²) in [7, 11) is -3.35. The van der Waals surface area contributed by atoms with Gasteiger partial charge in [-0.3, -0.25) is 4.72 Å². The van der Waals surface area contributed by atoms with E-state index in [0.717, 1.165) is 0 Å². The lowest BCUT2D eigenvalue weighted by molar-refractivity contribution is 0.598. The number of rotatable bonds is 6. The van der Waals surface area contributed by atoms with Gasteiger partial charge < -0.3 is 0 Å². The molecule has 3 nitrogen and oxygen atoms in total. The van der Waals surface area contributed by atoms with Crippen molar-refractivity contribution in [3.05, 3.63) is 28.2 Å². The van der Waals surface area contributed by atoms with Crippen molar-refractivity contribution in [3.8, 4) is 0 Å². The Kier molecular flexibility index (Phi) is 5.86. The van der Waals surface area contributed by atoms with Crippen LogP contribution in [-0.4, -0.2) is 20.1 Å². The standard InChI is InChI=1S/C10H12Cl3NO2S/c11-5-1-2-6-17(15,16)14-8-3-4-9(12)10(13)7-8/h3-4,7,14H,1-2,5-6H2. The molecule has 0 spiro atoms. The van der Waals surface area contributed by atoms with Crippen LogP contribution in [0.2, 0.25) is 10.0 Å². The fourth-order valence-corrected chi connectivity index (χ4v) is 2.84. The molecule has 1 aromatic rings. The Morgan fingerprint density at radius 2 is 1.82 bits per heavy atom. The van der Waals surface area contributed by atoms with E-state index in [4.69, 9.17) is 34.8 Å². The molecule has 0 atom stereocenters. The summed E-state index contributed by atoms with van der Waals surface area (Å²) in [5.41, 5.74) is 0.408. The molecule has 0 fully saturated rings. The van der Waals surface area contributed by atoms with Crippen molar-refractivity contribution >= 4 is 50.5 Å². The van der Waals surface area contributed by atoms with Gasteiger partial charge in [0.2, 0.25) is 10.0 Å². The topological polar surface area (TPSA) is 46.2 Å². The van der Waals surface area contributed by atoms with E-state index in [1.807, 2.05) is 0 Å². The predicted molar refractivity (Wildman–Crippen MR) is 73.8 cm³/mol. The van der Waals surface area contributed by atoms with E-state index in [9.17, 15) is 8.42 Å². The highest BCUT2D eigenvalue weighted by Gasteiger charge is 2.10. The van der Waals surface area contributed by atoms with Gasteiger partial charge in [0.05, 0.1) is 21.5 Å². The number of hydrogen-bond acceptors (Lipinski definition) is 2. The van der Waals surface area contributed by atoms with Crippen molar-refractivity contribution in [3.63, 3.8) is 0 Å². The molecule has 0 saturated heterocycles. The molecule has 0 aliphatic rings. The van der Waals surface area contributed by atoms with Crippen molar-refractivity contribution in [2.24, 2.45) is 0 Å². The molecule has 17 heavy (non-hydrogen) atoms. The van der Waals surface area contributed by atoms with Crippen LogP contribution in [0.1, 0.15) is 12.8 Å². The highest BCUT2D eigenvalue weighted by Crippen LogP contribution is 2.25. The lowest BCUT2D eigenvalue weighted by Gasteiger charge is -2.08. The van der Waals surface area contributed by atoms with Gasteiger partial charge >= 0.3 is 0 Å². The first-order valence-corrected chi connectivity index (χ1v) is 7.90. The maximum Gasteiger partial charge on any atom is 0.232 e. The summed E-state index contributed by atoms with van der Waals surface area (Å²) in [5.74, 6) is 0.502. The number of hydrogen-bond donors (Lipinski definition) is 1. The summed E-state index contributed by atoms with van der Waals surface area (Å²) in [6, 6.07) is 4.58. The fourth-order valence-electron chi connectivity index (χ4n) is 1.18. The van der Waals surface area contributed by atoms with Crippen LogP contribution in [0.25, 0.3) is 0 Å². The molecule has 7 heteroatoms. The van der Waals surface area contributed by atoms with Crippen molar-refractivity contribution in [1.29, 1.82) is 0 Å². The van der Waals surface area contributed by atoms with Gasteiger partial charge in [-0.1, -0.05) is 23.2 Å². The van der Waals surface area contributed by atoms with Gasteiger partial charge in [-0.25, -0.2) is 8.42 Å². The molecule has 0 aliphatic carbocycles. The quantitative estimate of drug-likeness (QED) is 0.641. The monoisotopic (exact) mass is 315 g/mol. The maximum atomic E-state index is 11.6. The third kappa shape index (κ3) is 5.34. The van der Waals surface area contributed by atoms with E-state index in [2.05, 4.69) is 4.72 Å². The number of nitrogens with one attached hydrogen (secondary N) is 1. The minimum Gasteiger partial charge on any atom is -0.284 e. The van der Waals surface area contributed by atoms with E-state index in [0.29, 0.717) is 34.5 Å². The van der Waals surface area contributed by atoms with Crippen molar-refractivity contribution in [2.75, 3.05) is 16.4 Å². The first kappa shape index (κ1) is 14.9. The zero-order valence-electron chi connectivity index (χ0n) is 8.92. The molecule has 1 rings (SSSR count). The lowest BCUT2D eigenvalue weighted by Crippen LogP contribution is -2.16. The second-order valence-electron chi connectivity index (χ2n) is 3.45. The summed E-state index contributed by atoms with van der Waals surface area (Å²) < 4.78 is 25.7. The van der Waals surface area contributed by atoms with Crippen LogP contribution >= 0.6 is 34.8 Å². The number of benzene rings is 1. The summed E-state index contributed by atoms with van der Waals surface area (Å²) in [6.07, 6.45) is 1.20. The van der Waals surface area contributed by atoms with Gasteiger partial charge in [-0.2, -0.15) is 0 Å². The molecule has 0 radical (unpaired) electrons. The second kappa shape index (κ2) is 6.69. The molecule has 0 unspecified atom stereocenters. The number of alkyl halides is 1. The van der Waals surface area contributed by atoms with Crippen molar-refractivity contribution < 1.29 is 8.42 Å². The van der Waals surface area contributed by atoms with Crippen molar-refractivity contribution in [1.82, 2.24) is 0 Å². The molecular weight excluding hydrogens is 305 g/mol. The SMILES string of the molecule is O=S(=O)(CCCCCl)Nc1ccc(Cl)c(Cl)c1. The van der Waals surface area contributed by atoms with Gasteiger partial charge in [-0.15, -0.1) is 11.6 Å². The lowest BCUT2D eigenvalue weighted by atomic mass is 10.3. The number of sulfonamides is 1. The highest BCUT2D eigenvalue weighted by molar-refractivity contribution is 7.92. The van der Waals surface area contributed by atoms with Crippen LogP contribution in [0.5, 0.6) is 0 Å². The molecule has 0 aliphatic heterocycles. The van der Waals surface area contributed by atoms with Crippen LogP contribution in [0, 0.1) is 0 Å². The normalized spacial score (nSPS) is 11.5. The van der Waals surface area contributed by atoms with Gasteiger partial charge in [-0.05, 0) is 31.0 Å². The largest absolute Gasteiger partial charge is 0.284 e. The average Bonchev–Trinajstić information content (AvgIpc) is 2.23.